The summed E-state index contributed by atoms with van der Waals surface area (Å²) < 4.78 is 0. The Morgan fingerprint density at radius 3 is 1.65 bits per heavy atom. The molecule has 0 saturated heterocycles. The first-order valence-electron chi connectivity index (χ1n) is 11.9. The number of rotatable bonds is 3. The maximum atomic E-state index is 11.9. The molecular formula is C31H39NO2. The van der Waals surface area contributed by atoms with Crippen LogP contribution in [0.15, 0.2) is 77.9 Å². The Morgan fingerprint density at radius 1 is 0.735 bits per heavy atom. The monoisotopic (exact) mass is 457 g/mol. The van der Waals surface area contributed by atoms with Crippen LogP contribution in [0, 0.1) is 28.6 Å². The van der Waals surface area contributed by atoms with Gasteiger partial charge in [-0.3, -0.25) is 0 Å². The second-order valence-corrected chi connectivity index (χ2v) is 11.5. The van der Waals surface area contributed by atoms with Crippen molar-refractivity contribution in [2.45, 2.75) is 53.2 Å². The molecule has 2 N–H and O–H groups in total. The van der Waals surface area contributed by atoms with Crippen LogP contribution in [0.1, 0.15) is 52.7 Å². The van der Waals surface area contributed by atoms with Gasteiger partial charge in [0.25, 0.3) is 0 Å². The fraction of sp³-hybridized carbons (Fsp3) is 0.419. The topological polar surface area (TPSA) is 43.7 Å². The summed E-state index contributed by atoms with van der Waals surface area (Å²) >= 11 is 0. The maximum Gasteiger partial charge on any atom is 0.176 e. The number of nitrogens with zero attached hydrogens (tertiary/aromatic N) is 1. The maximum absolute atomic E-state index is 11.9. The first-order chi connectivity index (χ1) is 15.7. The van der Waals surface area contributed by atoms with Crippen LogP contribution in [0.5, 0.6) is 0 Å². The highest BCUT2D eigenvalue weighted by atomic mass is 16.3. The molecule has 1 atom stereocenters. The van der Waals surface area contributed by atoms with Gasteiger partial charge in [-0.1, -0.05) is 108 Å². The van der Waals surface area contributed by atoms with Crippen LogP contribution in [-0.2, 0) is 5.60 Å². The summed E-state index contributed by atoms with van der Waals surface area (Å²) in [6, 6.07) is 17.5. The molecule has 2 aromatic carbocycles. The molecule has 180 valence electrons. The molecule has 0 aliphatic heterocycles. The Bertz CT molecular complexity index is 1080. The van der Waals surface area contributed by atoms with E-state index in [2.05, 4.69) is 65.5 Å². The van der Waals surface area contributed by atoms with E-state index < -0.39 is 11.7 Å². The summed E-state index contributed by atoms with van der Waals surface area (Å²) in [6.07, 6.45) is 3.51. The predicted molar refractivity (Wildman–Crippen MR) is 143 cm³/mol. The molecule has 1 aliphatic carbocycles. The molecule has 1 unspecified atom stereocenters. The van der Waals surface area contributed by atoms with E-state index in [9.17, 15) is 10.2 Å². The smallest absolute Gasteiger partial charge is 0.176 e. The standard InChI is InChI=1S/C31H39NO2/c1-29(2,3)26-20-22(21-27(28(26)33)30(4,5)6)18-19-31(34,23-12-10-9-11-13-23)24-14-16-25(17-15-24)32(7)8/h9-17,20-22,28,33-34H,1-8H3. The summed E-state index contributed by atoms with van der Waals surface area (Å²) in [5, 5.41) is 23.1. The molecule has 3 nitrogen and oxygen atoms in total. The number of allylic oxidation sites excluding steroid dienone is 2. The van der Waals surface area contributed by atoms with Gasteiger partial charge < -0.3 is 15.1 Å². The molecule has 1 aliphatic rings. The molecule has 0 saturated carbocycles. The van der Waals surface area contributed by atoms with Crippen LogP contribution in [0.3, 0.4) is 0 Å². The zero-order chi connectivity index (χ0) is 25.3. The molecule has 0 heterocycles. The Hall–Kier alpha value is -2.80. The molecule has 0 fully saturated rings. The third-order valence-corrected chi connectivity index (χ3v) is 6.45. The minimum absolute atomic E-state index is 0.193. The van der Waals surface area contributed by atoms with Gasteiger partial charge in [-0.05, 0) is 34.1 Å². The first-order valence-corrected chi connectivity index (χ1v) is 11.9. The van der Waals surface area contributed by atoms with E-state index in [4.69, 9.17) is 0 Å². The highest BCUT2D eigenvalue weighted by molar-refractivity contribution is 5.52. The van der Waals surface area contributed by atoms with Crippen molar-refractivity contribution < 1.29 is 10.2 Å². The molecule has 2 aromatic rings. The summed E-state index contributed by atoms with van der Waals surface area (Å²) in [4.78, 5) is 2.03. The zero-order valence-electron chi connectivity index (χ0n) is 21.8. The fourth-order valence-electron chi connectivity index (χ4n) is 4.37. The number of benzene rings is 2. The predicted octanol–water partition coefficient (Wildman–Crippen LogP) is 5.93. The van der Waals surface area contributed by atoms with Crippen molar-refractivity contribution in [3.05, 3.63) is 89.0 Å². The van der Waals surface area contributed by atoms with E-state index in [1.54, 1.807) is 0 Å². The quantitative estimate of drug-likeness (QED) is 0.444. The average Bonchev–Trinajstić information content (AvgIpc) is 2.77. The number of hydrogen-bond donors (Lipinski definition) is 2. The van der Waals surface area contributed by atoms with E-state index in [0.717, 1.165) is 28.0 Å². The number of aliphatic hydroxyl groups is 2. The molecular weight excluding hydrogens is 418 g/mol. The number of hydrogen-bond acceptors (Lipinski definition) is 3. The lowest BCUT2D eigenvalue weighted by Gasteiger charge is -2.37. The molecule has 0 amide bonds. The van der Waals surface area contributed by atoms with Gasteiger partial charge >= 0.3 is 0 Å². The lowest BCUT2D eigenvalue weighted by atomic mass is 9.70. The zero-order valence-corrected chi connectivity index (χ0v) is 21.8. The summed E-state index contributed by atoms with van der Waals surface area (Å²) in [6.45, 7) is 12.7. The van der Waals surface area contributed by atoms with Crippen LogP contribution >= 0.6 is 0 Å². The van der Waals surface area contributed by atoms with Crippen LogP contribution < -0.4 is 4.90 Å². The van der Waals surface area contributed by atoms with E-state index in [0.29, 0.717) is 0 Å². The minimum atomic E-state index is -1.45. The van der Waals surface area contributed by atoms with Crippen LogP contribution in [0.4, 0.5) is 5.69 Å². The van der Waals surface area contributed by atoms with E-state index in [-0.39, 0.29) is 16.7 Å². The number of aliphatic hydroxyl groups excluding tert-OH is 1. The van der Waals surface area contributed by atoms with Crippen molar-refractivity contribution in [1.82, 2.24) is 0 Å². The Kier molecular flexibility index (Phi) is 7.18. The lowest BCUT2D eigenvalue weighted by Crippen LogP contribution is -2.33. The third kappa shape index (κ3) is 5.46. The van der Waals surface area contributed by atoms with Gasteiger partial charge in [-0.2, -0.15) is 0 Å². The van der Waals surface area contributed by atoms with Gasteiger partial charge in [0, 0.05) is 30.9 Å². The fourth-order valence-corrected chi connectivity index (χ4v) is 4.37. The normalized spacial score (nSPS) is 20.4. The van der Waals surface area contributed by atoms with Crippen LogP contribution in [0.25, 0.3) is 0 Å². The Morgan fingerprint density at radius 2 is 1.21 bits per heavy atom. The highest BCUT2D eigenvalue weighted by Gasteiger charge is 2.35. The van der Waals surface area contributed by atoms with Crippen LogP contribution in [-0.4, -0.2) is 30.4 Å². The van der Waals surface area contributed by atoms with Crippen molar-refractivity contribution >= 4 is 5.69 Å². The van der Waals surface area contributed by atoms with Gasteiger partial charge in [-0.25, -0.2) is 0 Å². The van der Waals surface area contributed by atoms with Gasteiger partial charge in [0.2, 0.25) is 0 Å². The Labute approximate surface area is 205 Å². The van der Waals surface area contributed by atoms with E-state index in [1.165, 1.54) is 0 Å². The van der Waals surface area contributed by atoms with Gasteiger partial charge in [0.05, 0.1) is 12.0 Å². The SMILES string of the molecule is CN(C)c1ccc(C(O)(C#CC2C=C(C(C)(C)C)C(O)C(C(C)(C)C)=C2)c2ccccc2)cc1. The minimum Gasteiger partial charge on any atom is -0.384 e. The van der Waals surface area contributed by atoms with Crippen molar-refractivity contribution in [2.75, 3.05) is 19.0 Å². The number of anilines is 1. The van der Waals surface area contributed by atoms with Gasteiger partial charge in [0.15, 0.2) is 5.60 Å². The van der Waals surface area contributed by atoms with Gasteiger partial charge in [0.1, 0.15) is 0 Å². The molecule has 34 heavy (non-hydrogen) atoms. The second-order valence-electron chi connectivity index (χ2n) is 11.5. The van der Waals surface area contributed by atoms with E-state index >= 15 is 0 Å². The van der Waals surface area contributed by atoms with Crippen molar-refractivity contribution in [1.29, 1.82) is 0 Å². The third-order valence-electron chi connectivity index (χ3n) is 6.45. The Balaban J connectivity index is 2.14. The largest absolute Gasteiger partial charge is 0.384 e. The first kappa shape index (κ1) is 25.8. The molecule has 0 aromatic heterocycles. The van der Waals surface area contributed by atoms with Crippen molar-refractivity contribution in [3.63, 3.8) is 0 Å². The van der Waals surface area contributed by atoms with E-state index in [1.807, 2.05) is 73.6 Å². The van der Waals surface area contributed by atoms with Crippen LogP contribution in [0.2, 0.25) is 0 Å². The average molecular weight is 458 g/mol. The summed E-state index contributed by atoms with van der Waals surface area (Å²) in [7, 11) is 3.99. The molecule has 0 spiro atoms. The summed E-state index contributed by atoms with van der Waals surface area (Å²) in [5.74, 6) is 6.37. The van der Waals surface area contributed by atoms with Crippen molar-refractivity contribution in [2.24, 2.45) is 16.7 Å². The highest BCUT2D eigenvalue weighted by Crippen LogP contribution is 2.41. The molecule has 0 radical (unpaired) electrons. The molecule has 0 bridgehead atoms. The summed E-state index contributed by atoms with van der Waals surface area (Å²) in [5.41, 5.74) is 2.63. The van der Waals surface area contributed by atoms with Crippen molar-refractivity contribution in [3.8, 4) is 11.8 Å². The second kappa shape index (κ2) is 9.45. The lowest BCUT2D eigenvalue weighted by molar-refractivity contribution is 0.145. The molecule has 3 heteroatoms. The van der Waals surface area contributed by atoms with Gasteiger partial charge in [-0.15, -0.1) is 0 Å². The molecule has 3 rings (SSSR count).